The zero-order valence-electron chi connectivity index (χ0n) is 17.6. The number of alkyl halides is 2. The SMILES string of the molecule is C=CCOc1cccc(C2Oc3cccc(OC(F)F)c3-c3ccc(NS(C)(=O)=O)cc32)c1. The van der Waals surface area contributed by atoms with E-state index >= 15 is 0 Å². The molecule has 3 aromatic rings. The number of hydrogen-bond donors (Lipinski definition) is 1. The Hall–Kier alpha value is -3.59. The number of benzene rings is 3. The van der Waals surface area contributed by atoms with Crippen LogP contribution in [0.5, 0.6) is 17.2 Å². The summed E-state index contributed by atoms with van der Waals surface area (Å²) in [5.74, 6) is 0.935. The first-order chi connectivity index (χ1) is 15.7. The Kier molecular flexibility index (Phi) is 6.24. The summed E-state index contributed by atoms with van der Waals surface area (Å²) in [5.41, 5.74) is 2.60. The monoisotopic (exact) mass is 473 g/mol. The van der Waals surface area contributed by atoms with Crippen LogP contribution in [0.4, 0.5) is 14.5 Å². The molecule has 33 heavy (non-hydrogen) atoms. The molecule has 3 aromatic carbocycles. The lowest BCUT2D eigenvalue weighted by molar-refractivity contribution is -0.0496. The van der Waals surface area contributed by atoms with E-state index in [0.29, 0.717) is 40.5 Å². The van der Waals surface area contributed by atoms with E-state index in [0.717, 1.165) is 11.8 Å². The van der Waals surface area contributed by atoms with Gasteiger partial charge in [0.2, 0.25) is 10.0 Å². The Morgan fingerprint density at radius 3 is 2.67 bits per heavy atom. The Bertz CT molecular complexity index is 1290. The van der Waals surface area contributed by atoms with Gasteiger partial charge in [-0.05, 0) is 42.0 Å². The third-order valence-electron chi connectivity index (χ3n) is 4.88. The van der Waals surface area contributed by atoms with Gasteiger partial charge in [0.05, 0.1) is 11.8 Å². The predicted octanol–water partition coefficient (Wildman–Crippen LogP) is 5.37. The minimum Gasteiger partial charge on any atom is -0.490 e. The highest BCUT2D eigenvalue weighted by Gasteiger charge is 2.31. The van der Waals surface area contributed by atoms with Gasteiger partial charge in [0.25, 0.3) is 0 Å². The molecule has 1 aliphatic rings. The first-order valence-corrected chi connectivity index (χ1v) is 11.8. The molecule has 0 saturated heterocycles. The first-order valence-electron chi connectivity index (χ1n) is 9.95. The van der Waals surface area contributed by atoms with Gasteiger partial charge in [-0.25, -0.2) is 8.42 Å². The molecule has 0 radical (unpaired) electrons. The summed E-state index contributed by atoms with van der Waals surface area (Å²) in [6.07, 6.45) is 2.02. The van der Waals surface area contributed by atoms with Gasteiger partial charge in [-0.2, -0.15) is 8.78 Å². The Morgan fingerprint density at radius 1 is 1.15 bits per heavy atom. The lowest BCUT2D eigenvalue weighted by atomic mass is 9.88. The van der Waals surface area contributed by atoms with E-state index in [9.17, 15) is 17.2 Å². The molecule has 1 heterocycles. The Morgan fingerprint density at radius 2 is 1.94 bits per heavy atom. The van der Waals surface area contributed by atoms with Crippen molar-refractivity contribution >= 4 is 15.7 Å². The summed E-state index contributed by atoms with van der Waals surface area (Å²) >= 11 is 0. The summed E-state index contributed by atoms with van der Waals surface area (Å²) in [7, 11) is -3.53. The molecule has 4 rings (SSSR count). The van der Waals surface area contributed by atoms with Crippen LogP contribution >= 0.6 is 0 Å². The summed E-state index contributed by atoms with van der Waals surface area (Å²) < 4.78 is 68.7. The zero-order valence-corrected chi connectivity index (χ0v) is 18.4. The van der Waals surface area contributed by atoms with Crippen molar-refractivity contribution in [1.82, 2.24) is 0 Å². The van der Waals surface area contributed by atoms with Crippen LogP contribution in [0.3, 0.4) is 0 Å². The number of hydrogen-bond acceptors (Lipinski definition) is 5. The van der Waals surface area contributed by atoms with Crippen molar-refractivity contribution in [2.24, 2.45) is 0 Å². The number of ether oxygens (including phenoxy) is 3. The predicted molar refractivity (Wildman–Crippen MR) is 122 cm³/mol. The van der Waals surface area contributed by atoms with Gasteiger partial charge in [-0.1, -0.05) is 36.9 Å². The largest absolute Gasteiger partial charge is 0.490 e. The average molecular weight is 473 g/mol. The molecule has 0 aliphatic carbocycles. The van der Waals surface area contributed by atoms with Crippen LogP contribution in [0, 0.1) is 0 Å². The highest BCUT2D eigenvalue weighted by atomic mass is 32.2. The van der Waals surface area contributed by atoms with Gasteiger partial charge in [0.15, 0.2) is 0 Å². The van der Waals surface area contributed by atoms with E-state index in [1.54, 1.807) is 54.6 Å². The molecule has 0 aromatic heterocycles. The summed E-state index contributed by atoms with van der Waals surface area (Å²) in [5, 5.41) is 0. The number of rotatable bonds is 8. The molecular weight excluding hydrogens is 452 g/mol. The molecule has 1 aliphatic heterocycles. The van der Waals surface area contributed by atoms with Gasteiger partial charge in [-0.15, -0.1) is 0 Å². The maximum Gasteiger partial charge on any atom is 0.387 e. The zero-order chi connectivity index (χ0) is 23.6. The number of fused-ring (bicyclic) bond motifs is 3. The molecule has 1 atom stereocenters. The summed E-state index contributed by atoms with van der Waals surface area (Å²) in [6, 6.07) is 16.8. The second-order valence-corrected chi connectivity index (χ2v) is 9.10. The first kappa shape index (κ1) is 22.6. The molecule has 0 spiro atoms. The normalized spacial score (nSPS) is 14.6. The topological polar surface area (TPSA) is 73.9 Å². The Balaban J connectivity index is 1.86. The van der Waals surface area contributed by atoms with Gasteiger partial charge in [0.1, 0.15) is 30.0 Å². The van der Waals surface area contributed by atoms with Gasteiger partial charge >= 0.3 is 6.61 Å². The van der Waals surface area contributed by atoms with E-state index < -0.39 is 22.7 Å². The minimum atomic E-state index is -3.53. The average Bonchev–Trinajstić information content (AvgIpc) is 2.76. The van der Waals surface area contributed by atoms with Crippen molar-refractivity contribution < 1.29 is 31.4 Å². The molecule has 1 unspecified atom stereocenters. The fourth-order valence-corrected chi connectivity index (χ4v) is 4.27. The standard InChI is InChI=1S/C24H21F2NO5S/c1-3-12-30-17-7-4-6-15(13-17)23-19-14-16(27-33(2,28)29)10-11-18(19)22-20(31-23)8-5-9-21(22)32-24(25)26/h3-11,13-14,23-24,27H,1,12H2,2H3. The van der Waals surface area contributed by atoms with Crippen LogP contribution in [-0.4, -0.2) is 27.9 Å². The molecule has 6 nitrogen and oxygen atoms in total. The van der Waals surface area contributed by atoms with E-state index in [2.05, 4.69) is 11.3 Å². The van der Waals surface area contributed by atoms with E-state index in [1.807, 2.05) is 6.07 Å². The lowest BCUT2D eigenvalue weighted by Gasteiger charge is -2.31. The third kappa shape index (κ3) is 5.09. The molecule has 1 N–H and O–H groups in total. The van der Waals surface area contributed by atoms with Crippen LogP contribution in [0.25, 0.3) is 11.1 Å². The minimum absolute atomic E-state index is 0.0333. The fraction of sp³-hybridized carbons (Fsp3) is 0.167. The maximum atomic E-state index is 13.0. The van der Waals surface area contributed by atoms with Gasteiger partial charge in [0, 0.05) is 16.8 Å². The molecule has 0 bridgehead atoms. The van der Waals surface area contributed by atoms with Crippen LogP contribution in [-0.2, 0) is 10.0 Å². The Labute approximate surface area is 190 Å². The van der Waals surface area contributed by atoms with Gasteiger partial charge in [-0.3, -0.25) is 4.72 Å². The lowest BCUT2D eigenvalue weighted by Crippen LogP contribution is -2.18. The molecule has 0 fully saturated rings. The second-order valence-electron chi connectivity index (χ2n) is 7.35. The fourth-order valence-electron chi connectivity index (χ4n) is 3.71. The molecule has 0 saturated carbocycles. The smallest absolute Gasteiger partial charge is 0.387 e. The number of anilines is 1. The number of nitrogens with one attached hydrogen (secondary N) is 1. The van der Waals surface area contributed by atoms with E-state index in [1.165, 1.54) is 6.07 Å². The molecule has 172 valence electrons. The molecule has 0 amide bonds. The quantitative estimate of drug-likeness (QED) is 0.445. The molecular formula is C24H21F2NO5S. The van der Waals surface area contributed by atoms with Crippen LogP contribution in [0.2, 0.25) is 0 Å². The van der Waals surface area contributed by atoms with Crippen molar-refractivity contribution in [3.05, 3.63) is 84.4 Å². The number of sulfonamides is 1. The van der Waals surface area contributed by atoms with Gasteiger partial charge < -0.3 is 14.2 Å². The van der Waals surface area contributed by atoms with Crippen molar-refractivity contribution in [2.45, 2.75) is 12.7 Å². The number of halogens is 2. The van der Waals surface area contributed by atoms with Crippen LogP contribution in [0.1, 0.15) is 17.2 Å². The van der Waals surface area contributed by atoms with Crippen molar-refractivity contribution in [2.75, 3.05) is 17.6 Å². The van der Waals surface area contributed by atoms with Crippen LogP contribution in [0.15, 0.2) is 73.3 Å². The van der Waals surface area contributed by atoms with Crippen molar-refractivity contribution in [3.8, 4) is 28.4 Å². The van der Waals surface area contributed by atoms with Crippen molar-refractivity contribution in [3.63, 3.8) is 0 Å². The highest BCUT2D eigenvalue weighted by Crippen LogP contribution is 2.50. The maximum absolute atomic E-state index is 13.0. The second kappa shape index (κ2) is 9.11. The highest BCUT2D eigenvalue weighted by molar-refractivity contribution is 7.92. The van der Waals surface area contributed by atoms with Crippen molar-refractivity contribution in [1.29, 1.82) is 0 Å². The molecule has 9 heteroatoms. The summed E-state index contributed by atoms with van der Waals surface area (Å²) in [4.78, 5) is 0. The third-order valence-corrected chi connectivity index (χ3v) is 5.49. The van der Waals surface area contributed by atoms with Crippen LogP contribution < -0.4 is 18.9 Å². The van der Waals surface area contributed by atoms with E-state index in [-0.39, 0.29) is 5.75 Å². The summed E-state index contributed by atoms with van der Waals surface area (Å²) in [6.45, 7) is 0.952. The van der Waals surface area contributed by atoms with E-state index in [4.69, 9.17) is 14.2 Å².